The summed E-state index contributed by atoms with van der Waals surface area (Å²) < 4.78 is 5.50. The molecule has 4 heteroatoms. The molecular formula is C14H18N2O2. The third-order valence-corrected chi connectivity index (χ3v) is 3.78. The third kappa shape index (κ3) is 2.60. The molecule has 0 saturated carbocycles. The van der Waals surface area contributed by atoms with Crippen molar-refractivity contribution in [2.24, 2.45) is 5.92 Å². The van der Waals surface area contributed by atoms with E-state index in [1.807, 2.05) is 18.2 Å². The predicted octanol–water partition coefficient (Wildman–Crippen LogP) is 0.960. The number of hydrogen-bond acceptors (Lipinski definition) is 4. The van der Waals surface area contributed by atoms with E-state index in [0.717, 1.165) is 31.7 Å². The Hall–Kier alpha value is -1.26. The van der Waals surface area contributed by atoms with Crippen LogP contribution in [0.4, 0.5) is 0 Å². The van der Waals surface area contributed by atoms with Gasteiger partial charge in [-0.15, -0.1) is 0 Å². The molecule has 1 aromatic rings. The summed E-state index contributed by atoms with van der Waals surface area (Å²) in [5, 5.41) is 3.51. The second-order valence-electron chi connectivity index (χ2n) is 5.23. The molecule has 96 valence electrons. The van der Waals surface area contributed by atoms with Crippen molar-refractivity contribution in [3.05, 3.63) is 30.1 Å². The quantitative estimate of drug-likeness (QED) is 0.863. The standard InChI is InChI=1S/C14H18N2O2/c17-14(7-11-3-1-2-4-15-11)10-5-12-8-18-9-13(6-10)16-12/h1-4,10,12-13,16H,5-9H2. The number of morpholine rings is 1. The molecule has 1 aromatic heterocycles. The molecule has 18 heavy (non-hydrogen) atoms. The lowest BCUT2D eigenvalue weighted by Gasteiger charge is -2.39. The number of nitrogens with one attached hydrogen (secondary N) is 1. The highest BCUT2D eigenvalue weighted by molar-refractivity contribution is 5.83. The molecule has 1 N–H and O–H groups in total. The van der Waals surface area contributed by atoms with E-state index in [1.54, 1.807) is 6.20 Å². The van der Waals surface area contributed by atoms with Crippen LogP contribution < -0.4 is 5.32 Å². The van der Waals surface area contributed by atoms with E-state index in [9.17, 15) is 4.79 Å². The van der Waals surface area contributed by atoms with Crippen molar-refractivity contribution >= 4 is 5.78 Å². The first kappa shape index (κ1) is 11.8. The van der Waals surface area contributed by atoms with E-state index in [4.69, 9.17) is 4.74 Å². The zero-order valence-corrected chi connectivity index (χ0v) is 10.3. The number of hydrogen-bond donors (Lipinski definition) is 1. The molecule has 3 rings (SSSR count). The Kier molecular flexibility index (Phi) is 3.39. The Morgan fingerprint density at radius 1 is 1.33 bits per heavy atom. The van der Waals surface area contributed by atoms with Crippen LogP contribution in [0.5, 0.6) is 0 Å². The number of nitrogens with zero attached hydrogens (tertiary/aromatic N) is 1. The molecule has 4 nitrogen and oxygen atoms in total. The van der Waals surface area contributed by atoms with Gasteiger partial charge in [0.1, 0.15) is 5.78 Å². The number of carbonyl (C=O) groups excluding carboxylic acids is 1. The van der Waals surface area contributed by atoms with Gasteiger partial charge in [-0.3, -0.25) is 9.78 Å². The van der Waals surface area contributed by atoms with Crippen molar-refractivity contribution in [1.82, 2.24) is 10.3 Å². The topological polar surface area (TPSA) is 51.2 Å². The lowest BCUT2D eigenvalue weighted by Crippen LogP contribution is -2.55. The Balaban J connectivity index is 1.63. The normalized spacial score (nSPS) is 31.0. The number of ketones is 1. The number of rotatable bonds is 3. The fourth-order valence-electron chi connectivity index (χ4n) is 2.93. The van der Waals surface area contributed by atoms with Gasteiger partial charge in [-0.1, -0.05) is 6.07 Å². The summed E-state index contributed by atoms with van der Waals surface area (Å²) in [6, 6.07) is 6.44. The minimum atomic E-state index is 0.173. The Morgan fingerprint density at radius 2 is 2.11 bits per heavy atom. The summed E-state index contributed by atoms with van der Waals surface area (Å²) in [6.45, 7) is 1.48. The molecule has 0 aromatic carbocycles. The van der Waals surface area contributed by atoms with Gasteiger partial charge in [-0.05, 0) is 25.0 Å². The molecule has 2 bridgehead atoms. The number of pyridine rings is 1. The smallest absolute Gasteiger partial charge is 0.142 e. The van der Waals surface area contributed by atoms with Crippen LogP contribution in [0.1, 0.15) is 18.5 Å². The number of carbonyl (C=O) groups is 1. The molecule has 0 aliphatic carbocycles. The van der Waals surface area contributed by atoms with Crippen LogP contribution in [-0.4, -0.2) is 36.1 Å². The number of aromatic nitrogens is 1. The maximum atomic E-state index is 12.3. The summed E-state index contributed by atoms with van der Waals surface area (Å²) >= 11 is 0. The molecule has 2 saturated heterocycles. The molecule has 0 radical (unpaired) electrons. The lowest BCUT2D eigenvalue weighted by molar-refractivity contribution is -0.125. The van der Waals surface area contributed by atoms with E-state index in [2.05, 4.69) is 10.3 Å². The van der Waals surface area contributed by atoms with E-state index in [0.29, 0.717) is 24.3 Å². The number of fused-ring (bicyclic) bond motifs is 2. The van der Waals surface area contributed by atoms with Crippen molar-refractivity contribution in [3.8, 4) is 0 Å². The fraction of sp³-hybridized carbons (Fsp3) is 0.571. The summed E-state index contributed by atoms with van der Waals surface area (Å²) in [4.78, 5) is 16.5. The number of ether oxygens (including phenoxy) is 1. The van der Waals surface area contributed by atoms with Crippen LogP contribution >= 0.6 is 0 Å². The highest BCUT2D eigenvalue weighted by Gasteiger charge is 2.34. The van der Waals surface area contributed by atoms with Crippen LogP contribution in [0.15, 0.2) is 24.4 Å². The van der Waals surface area contributed by atoms with Gasteiger partial charge < -0.3 is 10.1 Å². The van der Waals surface area contributed by atoms with E-state index in [1.165, 1.54) is 0 Å². The zero-order chi connectivity index (χ0) is 12.4. The maximum Gasteiger partial charge on any atom is 0.142 e. The van der Waals surface area contributed by atoms with Crippen molar-refractivity contribution in [2.45, 2.75) is 31.3 Å². The molecule has 2 atom stereocenters. The average molecular weight is 246 g/mol. The Labute approximate surface area is 107 Å². The Morgan fingerprint density at radius 3 is 2.78 bits per heavy atom. The summed E-state index contributed by atoms with van der Waals surface area (Å²) in [5.41, 5.74) is 0.877. The molecule has 2 aliphatic heterocycles. The van der Waals surface area contributed by atoms with Gasteiger partial charge in [-0.2, -0.15) is 0 Å². The summed E-state index contributed by atoms with van der Waals surface area (Å²) in [7, 11) is 0. The van der Waals surface area contributed by atoms with Gasteiger partial charge in [0, 0.05) is 36.3 Å². The second kappa shape index (κ2) is 5.16. The molecule has 2 aliphatic rings. The van der Waals surface area contributed by atoms with Gasteiger partial charge in [0.25, 0.3) is 0 Å². The summed E-state index contributed by atoms with van der Waals surface area (Å²) in [6.07, 6.45) is 4.02. The van der Waals surface area contributed by atoms with Gasteiger partial charge in [0.15, 0.2) is 0 Å². The van der Waals surface area contributed by atoms with Crippen molar-refractivity contribution < 1.29 is 9.53 Å². The minimum Gasteiger partial charge on any atom is -0.378 e. The number of Topliss-reactive ketones (excluding diaryl/α,β-unsaturated/α-hetero) is 1. The third-order valence-electron chi connectivity index (χ3n) is 3.78. The SMILES string of the molecule is O=C(Cc1ccccn1)C1CC2COCC(C1)N2. The van der Waals surface area contributed by atoms with Crippen LogP contribution in [0.25, 0.3) is 0 Å². The second-order valence-corrected chi connectivity index (χ2v) is 5.23. The average Bonchev–Trinajstić information content (AvgIpc) is 2.39. The minimum absolute atomic E-state index is 0.173. The first-order valence-electron chi connectivity index (χ1n) is 6.57. The predicted molar refractivity (Wildman–Crippen MR) is 67.2 cm³/mol. The fourth-order valence-corrected chi connectivity index (χ4v) is 2.93. The molecule has 0 amide bonds. The molecule has 2 fully saturated rings. The van der Waals surface area contributed by atoms with Crippen molar-refractivity contribution in [1.29, 1.82) is 0 Å². The largest absolute Gasteiger partial charge is 0.378 e. The van der Waals surface area contributed by atoms with Crippen molar-refractivity contribution in [3.63, 3.8) is 0 Å². The lowest BCUT2D eigenvalue weighted by atomic mass is 9.83. The van der Waals surface area contributed by atoms with Gasteiger partial charge in [0.05, 0.1) is 13.2 Å². The molecule has 2 unspecified atom stereocenters. The van der Waals surface area contributed by atoms with Crippen LogP contribution in [0.3, 0.4) is 0 Å². The van der Waals surface area contributed by atoms with E-state index in [-0.39, 0.29) is 5.92 Å². The molecular weight excluding hydrogens is 228 g/mol. The van der Waals surface area contributed by atoms with Gasteiger partial charge in [0.2, 0.25) is 0 Å². The van der Waals surface area contributed by atoms with Crippen LogP contribution in [-0.2, 0) is 16.0 Å². The van der Waals surface area contributed by atoms with Crippen LogP contribution in [0.2, 0.25) is 0 Å². The highest BCUT2D eigenvalue weighted by Crippen LogP contribution is 2.25. The Bertz CT molecular complexity index is 409. The highest BCUT2D eigenvalue weighted by atomic mass is 16.5. The van der Waals surface area contributed by atoms with E-state index >= 15 is 0 Å². The van der Waals surface area contributed by atoms with E-state index < -0.39 is 0 Å². The monoisotopic (exact) mass is 246 g/mol. The zero-order valence-electron chi connectivity index (χ0n) is 10.3. The maximum absolute atomic E-state index is 12.3. The summed E-state index contributed by atoms with van der Waals surface area (Å²) in [5.74, 6) is 0.499. The molecule has 0 spiro atoms. The van der Waals surface area contributed by atoms with Gasteiger partial charge >= 0.3 is 0 Å². The number of piperidine rings is 1. The first-order valence-corrected chi connectivity index (χ1v) is 6.57. The van der Waals surface area contributed by atoms with Gasteiger partial charge in [-0.25, -0.2) is 0 Å². The molecule has 3 heterocycles. The van der Waals surface area contributed by atoms with Crippen molar-refractivity contribution in [2.75, 3.05) is 13.2 Å². The van der Waals surface area contributed by atoms with Crippen LogP contribution in [0, 0.1) is 5.92 Å². The first-order chi connectivity index (χ1) is 8.81.